The Labute approximate surface area is 108 Å². The number of hydrogen-bond acceptors (Lipinski definition) is 3. The SMILES string of the molecule is CN(C(=O)c1ccc(C(F)(F)F)cn1)C(C)(C)CO. The van der Waals surface area contributed by atoms with Gasteiger partial charge in [0.1, 0.15) is 5.69 Å². The quantitative estimate of drug-likeness (QED) is 0.918. The summed E-state index contributed by atoms with van der Waals surface area (Å²) in [6, 6.07) is 1.83. The van der Waals surface area contributed by atoms with E-state index in [1.807, 2.05) is 0 Å². The summed E-state index contributed by atoms with van der Waals surface area (Å²) < 4.78 is 37.1. The lowest BCUT2D eigenvalue weighted by atomic mass is 10.0. The van der Waals surface area contributed by atoms with Gasteiger partial charge in [0, 0.05) is 13.2 Å². The van der Waals surface area contributed by atoms with Crippen molar-refractivity contribution in [3.05, 3.63) is 29.6 Å². The minimum absolute atomic E-state index is 0.1000. The third kappa shape index (κ3) is 3.44. The van der Waals surface area contributed by atoms with Crippen molar-refractivity contribution >= 4 is 5.91 Å². The number of carbonyl (C=O) groups is 1. The summed E-state index contributed by atoms with van der Waals surface area (Å²) in [6.07, 6.45) is -3.86. The normalized spacial score (nSPS) is 12.4. The van der Waals surface area contributed by atoms with Crippen LogP contribution in [0.3, 0.4) is 0 Å². The molecular formula is C12H15F3N2O2. The van der Waals surface area contributed by atoms with E-state index >= 15 is 0 Å². The first-order chi connectivity index (χ1) is 8.59. The minimum atomic E-state index is -4.48. The van der Waals surface area contributed by atoms with E-state index in [1.54, 1.807) is 13.8 Å². The van der Waals surface area contributed by atoms with E-state index in [4.69, 9.17) is 5.11 Å². The fourth-order valence-electron chi connectivity index (χ4n) is 1.24. The van der Waals surface area contributed by atoms with Crippen molar-refractivity contribution in [2.75, 3.05) is 13.7 Å². The van der Waals surface area contributed by atoms with Gasteiger partial charge in [0.2, 0.25) is 0 Å². The van der Waals surface area contributed by atoms with Crippen molar-refractivity contribution in [3.8, 4) is 0 Å². The van der Waals surface area contributed by atoms with Gasteiger partial charge in [-0.15, -0.1) is 0 Å². The molecule has 4 nitrogen and oxygen atoms in total. The van der Waals surface area contributed by atoms with Gasteiger partial charge in [-0.05, 0) is 26.0 Å². The Hall–Kier alpha value is -1.63. The number of hydrogen-bond donors (Lipinski definition) is 1. The van der Waals surface area contributed by atoms with Crippen LogP contribution in [0.15, 0.2) is 18.3 Å². The topological polar surface area (TPSA) is 53.4 Å². The molecule has 106 valence electrons. The maximum absolute atomic E-state index is 12.4. The molecule has 0 fully saturated rings. The molecule has 1 rings (SSSR count). The van der Waals surface area contributed by atoms with Crippen molar-refractivity contribution in [1.82, 2.24) is 9.88 Å². The molecule has 7 heteroatoms. The van der Waals surface area contributed by atoms with Crippen molar-refractivity contribution in [3.63, 3.8) is 0 Å². The Bertz CT molecular complexity index is 455. The Kier molecular flexibility index (Phi) is 4.19. The summed E-state index contributed by atoms with van der Waals surface area (Å²) >= 11 is 0. The van der Waals surface area contributed by atoms with Crippen molar-refractivity contribution in [2.24, 2.45) is 0 Å². The minimum Gasteiger partial charge on any atom is -0.394 e. The van der Waals surface area contributed by atoms with Crippen LogP contribution in [0, 0.1) is 0 Å². The zero-order valence-corrected chi connectivity index (χ0v) is 10.8. The largest absolute Gasteiger partial charge is 0.417 e. The van der Waals surface area contributed by atoms with Crippen LogP contribution < -0.4 is 0 Å². The number of nitrogens with zero attached hydrogens (tertiary/aromatic N) is 2. The van der Waals surface area contributed by atoms with Crippen LogP contribution in [0.2, 0.25) is 0 Å². The molecule has 1 N–H and O–H groups in total. The van der Waals surface area contributed by atoms with E-state index in [1.165, 1.54) is 11.9 Å². The third-order valence-electron chi connectivity index (χ3n) is 2.91. The number of halogens is 3. The van der Waals surface area contributed by atoms with Crippen LogP contribution in [-0.2, 0) is 6.18 Å². The lowest BCUT2D eigenvalue weighted by molar-refractivity contribution is -0.137. The molecule has 0 saturated heterocycles. The standard InChI is InChI=1S/C12H15F3N2O2/c1-11(2,7-18)17(3)10(19)9-5-4-8(6-16-9)12(13,14)15/h4-6,18H,7H2,1-3H3. The van der Waals surface area contributed by atoms with Gasteiger partial charge in [0.05, 0.1) is 17.7 Å². The molecule has 0 radical (unpaired) electrons. The smallest absolute Gasteiger partial charge is 0.394 e. The Morgan fingerprint density at radius 2 is 1.95 bits per heavy atom. The summed E-state index contributed by atoms with van der Waals surface area (Å²) in [6.45, 7) is 3.00. The third-order valence-corrected chi connectivity index (χ3v) is 2.91. The average molecular weight is 276 g/mol. The summed E-state index contributed by atoms with van der Waals surface area (Å²) in [7, 11) is 1.46. The molecule has 0 atom stereocenters. The molecule has 1 heterocycles. The molecule has 0 aliphatic rings. The van der Waals surface area contributed by atoms with Gasteiger partial charge in [0.15, 0.2) is 0 Å². The number of aliphatic hydroxyl groups is 1. The lowest BCUT2D eigenvalue weighted by Gasteiger charge is -2.33. The van der Waals surface area contributed by atoms with Crippen molar-refractivity contribution in [1.29, 1.82) is 0 Å². The molecule has 0 saturated carbocycles. The fraction of sp³-hybridized carbons (Fsp3) is 0.500. The van der Waals surface area contributed by atoms with Crippen LogP contribution in [0.25, 0.3) is 0 Å². The molecule has 0 unspecified atom stereocenters. The molecule has 1 amide bonds. The maximum Gasteiger partial charge on any atom is 0.417 e. The molecule has 0 spiro atoms. The Morgan fingerprint density at radius 1 is 1.37 bits per heavy atom. The number of amides is 1. The monoisotopic (exact) mass is 276 g/mol. The van der Waals surface area contributed by atoms with Gasteiger partial charge in [-0.2, -0.15) is 13.2 Å². The molecule has 0 aromatic carbocycles. The van der Waals surface area contributed by atoms with Crippen molar-refractivity contribution in [2.45, 2.75) is 25.6 Å². The summed E-state index contributed by atoms with van der Waals surface area (Å²) in [5.74, 6) is -0.548. The number of pyridine rings is 1. The van der Waals surface area contributed by atoms with Crippen LogP contribution >= 0.6 is 0 Å². The van der Waals surface area contributed by atoms with E-state index in [-0.39, 0.29) is 12.3 Å². The van der Waals surface area contributed by atoms with Crippen molar-refractivity contribution < 1.29 is 23.1 Å². The first-order valence-electron chi connectivity index (χ1n) is 5.52. The molecule has 0 aliphatic carbocycles. The van der Waals surface area contributed by atoms with Gasteiger partial charge in [0.25, 0.3) is 5.91 Å². The maximum atomic E-state index is 12.4. The number of alkyl halides is 3. The number of rotatable bonds is 3. The molecule has 19 heavy (non-hydrogen) atoms. The molecule has 1 aromatic heterocycles. The van der Waals surface area contributed by atoms with E-state index < -0.39 is 23.2 Å². The van der Waals surface area contributed by atoms with Gasteiger partial charge in [-0.3, -0.25) is 9.78 Å². The summed E-state index contributed by atoms with van der Waals surface area (Å²) in [5, 5.41) is 9.15. The van der Waals surface area contributed by atoms with E-state index in [0.29, 0.717) is 6.20 Å². The highest BCUT2D eigenvalue weighted by atomic mass is 19.4. The fourth-order valence-corrected chi connectivity index (χ4v) is 1.24. The van der Waals surface area contributed by atoms with Gasteiger partial charge >= 0.3 is 6.18 Å². The zero-order chi connectivity index (χ0) is 14.8. The zero-order valence-electron chi connectivity index (χ0n) is 10.8. The molecule has 1 aromatic rings. The van der Waals surface area contributed by atoms with E-state index in [2.05, 4.69) is 4.98 Å². The van der Waals surface area contributed by atoms with E-state index in [9.17, 15) is 18.0 Å². The second-order valence-corrected chi connectivity index (χ2v) is 4.76. The first-order valence-corrected chi connectivity index (χ1v) is 5.52. The Balaban J connectivity index is 2.96. The number of carbonyl (C=O) groups excluding carboxylic acids is 1. The van der Waals surface area contributed by atoms with Crippen LogP contribution in [0.4, 0.5) is 13.2 Å². The summed E-state index contributed by atoms with van der Waals surface area (Å²) in [5.41, 5.74) is -1.83. The predicted octanol–water partition coefficient (Wildman–Crippen LogP) is 1.94. The summed E-state index contributed by atoms with van der Waals surface area (Å²) in [4.78, 5) is 16.7. The van der Waals surface area contributed by atoms with Crippen LogP contribution in [0.5, 0.6) is 0 Å². The second kappa shape index (κ2) is 5.16. The highest BCUT2D eigenvalue weighted by Gasteiger charge is 2.32. The molecule has 0 bridgehead atoms. The molecular weight excluding hydrogens is 261 g/mol. The number of likely N-dealkylation sites (N-methyl/N-ethyl adjacent to an activating group) is 1. The van der Waals surface area contributed by atoms with Gasteiger partial charge < -0.3 is 10.0 Å². The predicted molar refractivity (Wildman–Crippen MR) is 62.5 cm³/mol. The van der Waals surface area contributed by atoms with Gasteiger partial charge in [-0.25, -0.2) is 0 Å². The Morgan fingerprint density at radius 3 is 2.32 bits per heavy atom. The molecule has 0 aliphatic heterocycles. The lowest BCUT2D eigenvalue weighted by Crippen LogP contribution is -2.47. The number of aromatic nitrogens is 1. The van der Waals surface area contributed by atoms with Crippen LogP contribution in [0.1, 0.15) is 29.9 Å². The van der Waals surface area contributed by atoms with E-state index in [0.717, 1.165) is 12.1 Å². The van der Waals surface area contributed by atoms with Crippen LogP contribution in [-0.4, -0.2) is 40.1 Å². The first kappa shape index (κ1) is 15.4. The second-order valence-electron chi connectivity index (χ2n) is 4.76. The highest BCUT2D eigenvalue weighted by Crippen LogP contribution is 2.28. The highest BCUT2D eigenvalue weighted by molar-refractivity contribution is 5.92. The van der Waals surface area contributed by atoms with Gasteiger partial charge in [-0.1, -0.05) is 0 Å². The average Bonchev–Trinajstić information content (AvgIpc) is 2.36. The number of aliphatic hydroxyl groups excluding tert-OH is 1.